The smallest absolute Gasteiger partial charge is 0.116 e. The Morgan fingerprint density at radius 1 is 1.04 bits per heavy atom. The third kappa shape index (κ3) is 4.65. The Morgan fingerprint density at radius 3 is 2.80 bits per heavy atom. The Hall–Kier alpha value is -2.70. The summed E-state index contributed by atoms with van der Waals surface area (Å²) in [6.07, 6.45) is 7.40. The zero-order valence-corrected chi connectivity index (χ0v) is 14.2. The van der Waals surface area contributed by atoms with Gasteiger partial charge in [-0.05, 0) is 30.7 Å². The summed E-state index contributed by atoms with van der Waals surface area (Å²) in [5.41, 5.74) is 4.10. The molecule has 25 heavy (non-hydrogen) atoms. The lowest BCUT2D eigenvalue weighted by molar-refractivity contribution is 0.292. The van der Waals surface area contributed by atoms with Crippen LogP contribution in [-0.4, -0.2) is 33.2 Å². The minimum Gasteiger partial charge on any atom is -0.396 e. The first-order chi connectivity index (χ1) is 12.3. The summed E-state index contributed by atoms with van der Waals surface area (Å²) < 4.78 is 0. The van der Waals surface area contributed by atoms with E-state index in [4.69, 9.17) is 16.7 Å². The van der Waals surface area contributed by atoms with Crippen molar-refractivity contribution in [3.05, 3.63) is 60.3 Å². The number of halogens is 1. The first-order valence-corrected chi connectivity index (χ1v) is 8.27. The zero-order chi connectivity index (χ0) is 17.5. The van der Waals surface area contributed by atoms with Crippen molar-refractivity contribution >= 4 is 28.7 Å². The van der Waals surface area contributed by atoms with Gasteiger partial charge in [-0.1, -0.05) is 17.7 Å². The van der Waals surface area contributed by atoms with Crippen LogP contribution in [-0.2, 0) is 0 Å². The van der Waals surface area contributed by atoms with Crippen molar-refractivity contribution in [3.63, 3.8) is 0 Å². The summed E-state index contributed by atoms with van der Waals surface area (Å²) in [7, 11) is 0. The highest BCUT2D eigenvalue weighted by Crippen LogP contribution is 2.29. The van der Waals surface area contributed by atoms with Crippen molar-refractivity contribution in [2.24, 2.45) is 0 Å². The van der Waals surface area contributed by atoms with E-state index in [9.17, 15) is 0 Å². The zero-order valence-electron chi connectivity index (χ0n) is 13.5. The van der Waals surface area contributed by atoms with E-state index in [1.165, 1.54) is 6.33 Å². The molecule has 3 N–H and O–H groups in total. The molecule has 6 nitrogen and oxygen atoms in total. The average Bonchev–Trinajstić information content (AvgIpc) is 2.63. The van der Waals surface area contributed by atoms with E-state index in [0.717, 1.165) is 28.3 Å². The van der Waals surface area contributed by atoms with Gasteiger partial charge < -0.3 is 15.7 Å². The summed E-state index contributed by atoms with van der Waals surface area (Å²) in [5.74, 6) is 0. The van der Waals surface area contributed by atoms with E-state index in [1.54, 1.807) is 18.6 Å². The van der Waals surface area contributed by atoms with E-state index in [1.807, 2.05) is 30.3 Å². The van der Waals surface area contributed by atoms with Crippen molar-refractivity contribution in [3.8, 4) is 11.3 Å². The minimum atomic E-state index is 0.153. The number of hydrogen-bond acceptors (Lipinski definition) is 6. The quantitative estimate of drug-likeness (QED) is 0.560. The van der Waals surface area contributed by atoms with Gasteiger partial charge in [-0.25, -0.2) is 9.97 Å². The van der Waals surface area contributed by atoms with Crippen LogP contribution in [0.4, 0.5) is 17.1 Å². The fraction of sp³-hybridized carbons (Fsp3) is 0.167. The van der Waals surface area contributed by atoms with Crippen LogP contribution in [0.25, 0.3) is 11.3 Å². The molecule has 3 aromatic rings. The average molecular weight is 356 g/mol. The van der Waals surface area contributed by atoms with E-state index in [0.29, 0.717) is 18.0 Å². The number of anilines is 3. The Morgan fingerprint density at radius 2 is 1.96 bits per heavy atom. The number of aromatic nitrogens is 3. The number of pyridine rings is 1. The topological polar surface area (TPSA) is 83.0 Å². The Labute approximate surface area is 150 Å². The Kier molecular flexibility index (Phi) is 5.77. The van der Waals surface area contributed by atoms with Crippen LogP contribution >= 0.6 is 11.6 Å². The molecule has 0 atom stereocenters. The molecule has 3 rings (SSSR count). The molecule has 0 fully saturated rings. The van der Waals surface area contributed by atoms with Crippen molar-refractivity contribution in [1.29, 1.82) is 0 Å². The van der Waals surface area contributed by atoms with Gasteiger partial charge in [-0.15, -0.1) is 0 Å². The van der Waals surface area contributed by atoms with E-state index in [-0.39, 0.29) is 6.61 Å². The van der Waals surface area contributed by atoms with E-state index >= 15 is 0 Å². The van der Waals surface area contributed by atoms with Crippen LogP contribution in [0.2, 0.25) is 5.02 Å². The molecule has 0 aliphatic carbocycles. The van der Waals surface area contributed by atoms with Gasteiger partial charge in [0.2, 0.25) is 0 Å². The summed E-state index contributed by atoms with van der Waals surface area (Å²) in [6.45, 7) is 0.832. The monoisotopic (exact) mass is 355 g/mol. The molecule has 0 bridgehead atoms. The highest BCUT2D eigenvalue weighted by Gasteiger charge is 2.09. The second kappa shape index (κ2) is 8.41. The SMILES string of the molecule is OCCCNc1cncc(-c2ncncc2Nc2cccc(Cl)c2)c1. The molecule has 0 amide bonds. The van der Waals surface area contributed by atoms with Crippen molar-refractivity contribution in [2.45, 2.75) is 6.42 Å². The summed E-state index contributed by atoms with van der Waals surface area (Å²) in [6, 6.07) is 9.43. The first-order valence-electron chi connectivity index (χ1n) is 7.89. The lowest BCUT2D eigenvalue weighted by Gasteiger charge is -2.12. The predicted molar refractivity (Wildman–Crippen MR) is 100 cm³/mol. The highest BCUT2D eigenvalue weighted by molar-refractivity contribution is 6.30. The molecule has 7 heteroatoms. The molecule has 0 saturated carbocycles. The number of rotatable bonds is 7. The lowest BCUT2D eigenvalue weighted by Crippen LogP contribution is -2.04. The first kappa shape index (κ1) is 17.1. The molecule has 2 heterocycles. The summed E-state index contributed by atoms with van der Waals surface area (Å²) >= 11 is 6.04. The largest absolute Gasteiger partial charge is 0.396 e. The lowest BCUT2D eigenvalue weighted by atomic mass is 10.1. The fourth-order valence-corrected chi connectivity index (χ4v) is 2.54. The van der Waals surface area contributed by atoms with Gasteiger partial charge in [-0.2, -0.15) is 0 Å². The van der Waals surface area contributed by atoms with Gasteiger partial charge >= 0.3 is 0 Å². The number of nitrogens with zero attached hydrogens (tertiary/aromatic N) is 3. The Bertz CT molecular complexity index is 843. The van der Waals surface area contributed by atoms with Crippen molar-refractivity contribution in [2.75, 3.05) is 23.8 Å². The number of benzene rings is 1. The second-order valence-corrected chi connectivity index (χ2v) is 5.82. The minimum absolute atomic E-state index is 0.153. The fourth-order valence-electron chi connectivity index (χ4n) is 2.35. The van der Waals surface area contributed by atoms with Crippen LogP contribution in [0.1, 0.15) is 6.42 Å². The molecule has 2 aromatic heterocycles. The van der Waals surface area contributed by atoms with Gasteiger partial charge in [-0.3, -0.25) is 4.98 Å². The molecule has 0 radical (unpaired) electrons. The Balaban J connectivity index is 1.86. The molecule has 0 unspecified atom stereocenters. The number of nitrogens with one attached hydrogen (secondary N) is 2. The maximum Gasteiger partial charge on any atom is 0.116 e. The molecule has 1 aromatic carbocycles. The van der Waals surface area contributed by atoms with Gasteiger partial charge in [0.05, 0.1) is 23.3 Å². The molecule has 0 saturated heterocycles. The molecular formula is C18H18ClN5O. The predicted octanol–water partition coefficient (Wildman–Crippen LogP) is 3.73. The summed E-state index contributed by atoms with van der Waals surface area (Å²) in [5, 5.41) is 16.1. The van der Waals surface area contributed by atoms with Crippen molar-refractivity contribution in [1.82, 2.24) is 15.0 Å². The second-order valence-electron chi connectivity index (χ2n) is 5.39. The normalized spacial score (nSPS) is 10.5. The van der Waals surface area contributed by atoms with Gasteiger partial charge in [0.15, 0.2) is 0 Å². The van der Waals surface area contributed by atoms with E-state index < -0.39 is 0 Å². The third-order valence-corrected chi connectivity index (χ3v) is 3.73. The third-order valence-electron chi connectivity index (χ3n) is 3.49. The van der Waals surface area contributed by atoms with Gasteiger partial charge in [0, 0.05) is 41.8 Å². The number of aliphatic hydroxyl groups excluding tert-OH is 1. The summed E-state index contributed by atoms with van der Waals surface area (Å²) in [4.78, 5) is 12.8. The van der Waals surface area contributed by atoms with Crippen LogP contribution < -0.4 is 10.6 Å². The van der Waals surface area contributed by atoms with Gasteiger partial charge in [0.25, 0.3) is 0 Å². The number of hydrogen-bond donors (Lipinski definition) is 3. The highest BCUT2D eigenvalue weighted by atomic mass is 35.5. The maximum atomic E-state index is 8.88. The molecule has 0 aliphatic rings. The van der Waals surface area contributed by atoms with Crippen LogP contribution in [0.5, 0.6) is 0 Å². The number of aliphatic hydroxyl groups is 1. The van der Waals surface area contributed by atoms with Crippen LogP contribution in [0, 0.1) is 0 Å². The maximum absolute atomic E-state index is 8.88. The molecular weight excluding hydrogens is 338 g/mol. The standard InChI is InChI=1S/C18H18ClN5O/c19-14-3-1-4-15(8-14)24-17-11-21-12-23-18(17)13-7-16(10-20-9-13)22-5-2-6-25/h1,3-4,7-12,22,24-25H,2,5-6H2. The van der Waals surface area contributed by atoms with E-state index in [2.05, 4.69) is 25.6 Å². The van der Waals surface area contributed by atoms with Crippen LogP contribution in [0.15, 0.2) is 55.2 Å². The van der Waals surface area contributed by atoms with Gasteiger partial charge in [0.1, 0.15) is 6.33 Å². The van der Waals surface area contributed by atoms with Crippen molar-refractivity contribution < 1.29 is 5.11 Å². The van der Waals surface area contributed by atoms with Crippen LogP contribution in [0.3, 0.4) is 0 Å². The molecule has 0 aliphatic heterocycles. The molecule has 0 spiro atoms. The molecule has 128 valence electrons.